The Hall–Kier alpha value is -0.900. The van der Waals surface area contributed by atoms with Crippen molar-refractivity contribution >= 4 is 0 Å². The van der Waals surface area contributed by atoms with Crippen molar-refractivity contribution in [1.82, 2.24) is 9.80 Å². The van der Waals surface area contributed by atoms with Crippen LogP contribution in [0.4, 0.5) is 0 Å². The Morgan fingerprint density at radius 2 is 2.05 bits per heavy atom. The van der Waals surface area contributed by atoms with E-state index in [2.05, 4.69) is 55.0 Å². The van der Waals surface area contributed by atoms with Crippen molar-refractivity contribution in [3.05, 3.63) is 35.4 Å². The number of likely N-dealkylation sites (N-methyl/N-ethyl adjacent to an activating group) is 1. The first-order valence-electron chi connectivity index (χ1n) is 7.31. The van der Waals surface area contributed by atoms with E-state index >= 15 is 0 Å². The molecule has 1 aliphatic heterocycles. The maximum absolute atomic E-state index is 6.34. The second-order valence-corrected chi connectivity index (χ2v) is 5.88. The van der Waals surface area contributed by atoms with Gasteiger partial charge in [0.05, 0.1) is 0 Å². The molecule has 1 saturated heterocycles. The lowest BCUT2D eigenvalue weighted by Crippen LogP contribution is -2.50. The molecule has 3 nitrogen and oxygen atoms in total. The van der Waals surface area contributed by atoms with Gasteiger partial charge in [0.2, 0.25) is 0 Å². The monoisotopic (exact) mass is 261 g/mol. The van der Waals surface area contributed by atoms with E-state index in [9.17, 15) is 0 Å². The maximum atomic E-state index is 6.34. The number of piperazine rings is 1. The van der Waals surface area contributed by atoms with Crippen molar-refractivity contribution in [2.75, 3.05) is 33.2 Å². The zero-order chi connectivity index (χ0) is 13.8. The third-order valence-corrected chi connectivity index (χ3v) is 4.39. The lowest BCUT2D eigenvalue weighted by Gasteiger charge is -2.38. The van der Waals surface area contributed by atoms with Crippen LogP contribution in [0, 0.1) is 6.92 Å². The normalized spacial score (nSPS) is 23.5. The maximum Gasteiger partial charge on any atom is 0.0309 e. The highest BCUT2D eigenvalue weighted by Gasteiger charge is 2.21. The molecule has 1 fully saturated rings. The highest BCUT2D eigenvalue weighted by molar-refractivity contribution is 5.28. The van der Waals surface area contributed by atoms with Crippen LogP contribution in [0.5, 0.6) is 0 Å². The number of nitrogens with two attached hydrogens (primary N) is 1. The lowest BCUT2D eigenvalue weighted by molar-refractivity contribution is 0.103. The van der Waals surface area contributed by atoms with E-state index in [-0.39, 0.29) is 6.04 Å². The summed E-state index contributed by atoms with van der Waals surface area (Å²) in [6, 6.07) is 9.28. The summed E-state index contributed by atoms with van der Waals surface area (Å²) in [5.41, 5.74) is 8.94. The minimum absolute atomic E-state index is 0.163. The molecule has 1 aromatic carbocycles. The van der Waals surface area contributed by atoms with Crippen LogP contribution < -0.4 is 5.73 Å². The Bertz CT molecular complexity index is 405. The molecule has 19 heavy (non-hydrogen) atoms. The number of nitrogens with zero attached hydrogens (tertiary/aromatic N) is 2. The van der Waals surface area contributed by atoms with Gasteiger partial charge in [-0.1, -0.05) is 24.3 Å². The van der Waals surface area contributed by atoms with E-state index in [4.69, 9.17) is 5.73 Å². The Morgan fingerprint density at radius 3 is 2.74 bits per heavy atom. The molecule has 1 heterocycles. The van der Waals surface area contributed by atoms with Crippen LogP contribution in [-0.4, -0.2) is 49.1 Å². The van der Waals surface area contributed by atoms with Gasteiger partial charge in [0.25, 0.3) is 0 Å². The first kappa shape index (κ1) is 14.5. The van der Waals surface area contributed by atoms with Crippen LogP contribution in [0.2, 0.25) is 0 Å². The number of hydrogen-bond acceptors (Lipinski definition) is 3. The Morgan fingerprint density at radius 1 is 1.32 bits per heavy atom. The molecule has 0 aromatic heterocycles. The summed E-state index contributed by atoms with van der Waals surface area (Å²) in [7, 11) is 2.21. The fourth-order valence-electron chi connectivity index (χ4n) is 2.81. The number of hydrogen-bond donors (Lipinski definition) is 1. The van der Waals surface area contributed by atoms with Gasteiger partial charge in [0.15, 0.2) is 0 Å². The largest absolute Gasteiger partial charge is 0.324 e. The van der Waals surface area contributed by atoms with Crippen LogP contribution in [0.25, 0.3) is 0 Å². The van der Waals surface area contributed by atoms with Gasteiger partial charge < -0.3 is 15.5 Å². The SMILES string of the molecule is Cc1ccccc1C(N)CCN1CCN(C)C(C)C1. The molecule has 2 rings (SSSR count). The molecule has 0 bridgehead atoms. The Kier molecular flexibility index (Phi) is 4.97. The summed E-state index contributed by atoms with van der Waals surface area (Å²) in [5, 5.41) is 0. The second-order valence-electron chi connectivity index (χ2n) is 5.88. The highest BCUT2D eigenvalue weighted by atomic mass is 15.3. The molecule has 2 N–H and O–H groups in total. The van der Waals surface area contributed by atoms with E-state index in [1.807, 2.05) is 0 Å². The molecular formula is C16H27N3. The van der Waals surface area contributed by atoms with Crippen molar-refractivity contribution in [2.24, 2.45) is 5.73 Å². The summed E-state index contributed by atoms with van der Waals surface area (Å²) in [4.78, 5) is 4.97. The summed E-state index contributed by atoms with van der Waals surface area (Å²) in [6.07, 6.45) is 1.04. The number of rotatable bonds is 4. The predicted octanol–water partition coefficient (Wildman–Crippen LogP) is 2.02. The summed E-state index contributed by atoms with van der Waals surface area (Å²) < 4.78 is 0. The second kappa shape index (κ2) is 6.51. The van der Waals surface area contributed by atoms with E-state index in [0.29, 0.717) is 6.04 Å². The van der Waals surface area contributed by atoms with Crippen molar-refractivity contribution in [3.8, 4) is 0 Å². The third-order valence-electron chi connectivity index (χ3n) is 4.39. The van der Waals surface area contributed by atoms with Crippen LogP contribution in [0.3, 0.4) is 0 Å². The highest BCUT2D eigenvalue weighted by Crippen LogP contribution is 2.19. The first-order chi connectivity index (χ1) is 9.08. The zero-order valence-corrected chi connectivity index (χ0v) is 12.5. The molecule has 0 aliphatic carbocycles. The van der Waals surface area contributed by atoms with Crippen molar-refractivity contribution < 1.29 is 0 Å². The smallest absolute Gasteiger partial charge is 0.0309 e. The molecule has 0 saturated carbocycles. The van der Waals surface area contributed by atoms with E-state index in [1.165, 1.54) is 24.2 Å². The lowest BCUT2D eigenvalue weighted by atomic mass is 9.99. The van der Waals surface area contributed by atoms with E-state index in [0.717, 1.165) is 19.5 Å². The topological polar surface area (TPSA) is 32.5 Å². The average Bonchev–Trinajstić information content (AvgIpc) is 2.40. The summed E-state index contributed by atoms with van der Waals surface area (Å²) in [6.45, 7) is 9.05. The van der Waals surface area contributed by atoms with Crippen LogP contribution >= 0.6 is 0 Å². The standard InChI is InChI=1S/C16H27N3/c1-13-6-4-5-7-15(13)16(17)8-9-19-11-10-18(3)14(2)12-19/h4-7,14,16H,8-12,17H2,1-3H3. The molecule has 1 aromatic rings. The molecule has 3 heteroatoms. The molecule has 1 aliphatic rings. The molecule has 0 radical (unpaired) electrons. The minimum Gasteiger partial charge on any atom is -0.324 e. The van der Waals surface area contributed by atoms with Crippen LogP contribution in [0.1, 0.15) is 30.5 Å². The van der Waals surface area contributed by atoms with Crippen molar-refractivity contribution in [1.29, 1.82) is 0 Å². The van der Waals surface area contributed by atoms with Gasteiger partial charge in [-0.15, -0.1) is 0 Å². The van der Waals surface area contributed by atoms with E-state index < -0.39 is 0 Å². The Balaban J connectivity index is 1.84. The summed E-state index contributed by atoms with van der Waals surface area (Å²) >= 11 is 0. The molecule has 0 spiro atoms. The van der Waals surface area contributed by atoms with Gasteiger partial charge in [-0.2, -0.15) is 0 Å². The van der Waals surface area contributed by atoms with Crippen molar-refractivity contribution in [2.45, 2.75) is 32.4 Å². The third kappa shape index (κ3) is 3.78. The minimum atomic E-state index is 0.163. The number of benzene rings is 1. The predicted molar refractivity (Wildman–Crippen MR) is 81.3 cm³/mol. The van der Waals surface area contributed by atoms with E-state index in [1.54, 1.807) is 0 Å². The van der Waals surface area contributed by atoms with Gasteiger partial charge in [-0.25, -0.2) is 0 Å². The number of aryl methyl sites for hydroxylation is 1. The van der Waals surface area contributed by atoms with Gasteiger partial charge in [-0.3, -0.25) is 0 Å². The van der Waals surface area contributed by atoms with Crippen LogP contribution in [0.15, 0.2) is 24.3 Å². The Labute approximate surface area is 117 Å². The zero-order valence-electron chi connectivity index (χ0n) is 12.5. The fraction of sp³-hybridized carbons (Fsp3) is 0.625. The molecule has 0 amide bonds. The van der Waals surface area contributed by atoms with Gasteiger partial charge in [-0.05, 0) is 38.4 Å². The van der Waals surface area contributed by atoms with Gasteiger partial charge in [0, 0.05) is 38.3 Å². The molecule has 2 atom stereocenters. The molecular weight excluding hydrogens is 234 g/mol. The van der Waals surface area contributed by atoms with Gasteiger partial charge in [0.1, 0.15) is 0 Å². The van der Waals surface area contributed by atoms with Crippen LogP contribution in [-0.2, 0) is 0 Å². The quantitative estimate of drug-likeness (QED) is 0.900. The summed E-state index contributed by atoms with van der Waals surface area (Å²) in [5.74, 6) is 0. The molecule has 2 unspecified atom stereocenters. The molecule has 106 valence electrons. The fourth-order valence-corrected chi connectivity index (χ4v) is 2.81. The average molecular weight is 261 g/mol. The van der Waals surface area contributed by atoms with Gasteiger partial charge >= 0.3 is 0 Å². The first-order valence-corrected chi connectivity index (χ1v) is 7.31. The van der Waals surface area contributed by atoms with Crippen molar-refractivity contribution in [3.63, 3.8) is 0 Å².